The minimum atomic E-state index is 0.0752. The van der Waals surface area contributed by atoms with Crippen molar-refractivity contribution in [2.45, 2.75) is 39.5 Å². The summed E-state index contributed by atoms with van der Waals surface area (Å²) in [5.41, 5.74) is 0.230. The number of nitrogens with zero attached hydrogens (tertiary/aromatic N) is 2. The predicted molar refractivity (Wildman–Crippen MR) is 75.5 cm³/mol. The second-order valence-corrected chi connectivity index (χ2v) is 6.20. The van der Waals surface area contributed by atoms with Gasteiger partial charge in [-0.1, -0.05) is 20.8 Å². The van der Waals surface area contributed by atoms with Crippen molar-refractivity contribution in [2.24, 2.45) is 5.41 Å². The van der Waals surface area contributed by atoms with Crippen LogP contribution in [0.3, 0.4) is 0 Å². The number of ether oxygens (including phenoxy) is 1. The predicted octanol–water partition coefficient (Wildman–Crippen LogP) is 3.25. The van der Waals surface area contributed by atoms with E-state index in [9.17, 15) is 0 Å². The molecule has 0 saturated heterocycles. The Bertz CT molecular complexity index is 390. The molecular weight excluding hydrogens is 250 g/mol. The van der Waals surface area contributed by atoms with Gasteiger partial charge in [0.15, 0.2) is 0 Å². The van der Waals surface area contributed by atoms with E-state index >= 15 is 0 Å². The number of hydrogen-bond acceptors (Lipinski definition) is 4. The average molecular weight is 272 g/mol. The molecule has 1 heterocycles. The van der Waals surface area contributed by atoms with Gasteiger partial charge in [0.1, 0.15) is 11.6 Å². The Morgan fingerprint density at radius 1 is 1.39 bits per heavy atom. The second kappa shape index (κ2) is 6.23. The van der Waals surface area contributed by atoms with Crippen LogP contribution in [0, 0.1) is 12.3 Å². The SMILES string of the molecule is COc1cc(NCC(Cl)CC(C)(C)C)nc(C)n1. The first-order valence-electron chi connectivity index (χ1n) is 6.08. The molecule has 5 heteroatoms. The van der Waals surface area contributed by atoms with E-state index in [1.54, 1.807) is 13.2 Å². The molecule has 0 aliphatic rings. The minimum Gasteiger partial charge on any atom is -0.481 e. The van der Waals surface area contributed by atoms with Crippen molar-refractivity contribution < 1.29 is 4.74 Å². The summed E-state index contributed by atoms with van der Waals surface area (Å²) in [7, 11) is 1.59. The van der Waals surface area contributed by atoms with Gasteiger partial charge >= 0.3 is 0 Å². The van der Waals surface area contributed by atoms with Crippen molar-refractivity contribution in [3.8, 4) is 5.88 Å². The van der Waals surface area contributed by atoms with Gasteiger partial charge in [-0.2, -0.15) is 4.98 Å². The van der Waals surface area contributed by atoms with E-state index in [4.69, 9.17) is 16.3 Å². The molecule has 0 aliphatic carbocycles. The molecule has 0 saturated carbocycles. The summed E-state index contributed by atoms with van der Waals surface area (Å²) < 4.78 is 5.10. The molecule has 0 bridgehead atoms. The van der Waals surface area contributed by atoms with Crippen LogP contribution < -0.4 is 10.1 Å². The van der Waals surface area contributed by atoms with Gasteiger partial charge in [0, 0.05) is 12.6 Å². The van der Waals surface area contributed by atoms with Gasteiger partial charge in [0.05, 0.1) is 12.5 Å². The first kappa shape index (κ1) is 15.0. The number of anilines is 1. The third-order valence-electron chi connectivity index (χ3n) is 2.36. The molecule has 0 amide bonds. The standard InChI is InChI=1S/C13H22ClN3O/c1-9-16-11(6-12(17-9)18-5)15-8-10(14)7-13(2,3)4/h6,10H,7-8H2,1-5H3,(H,15,16,17). The highest BCUT2D eigenvalue weighted by atomic mass is 35.5. The Morgan fingerprint density at radius 3 is 2.61 bits per heavy atom. The molecule has 0 spiro atoms. The van der Waals surface area contributed by atoms with Crippen LogP contribution in [0.15, 0.2) is 6.07 Å². The van der Waals surface area contributed by atoms with E-state index in [2.05, 4.69) is 36.1 Å². The summed E-state index contributed by atoms with van der Waals surface area (Å²) in [4.78, 5) is 8.42. The molecule has 18 heavy (non-hydrogen) atoms. The smallest absolute Gasteiger partial charge is 0.218 e. The molecule has 1 atom stereocenters. The zero-order chi connectivity index (χ0) is 13.8. The number of methoxy groups -OCH3 is 1. The third-order valence-corrected chi connectivity index (χ3v) is 2.67. The normalized spacial score (nSPS) is 13.2. The average Bonchev–Trinajstić information content (AvgIpc) is 2.23. The van der Waals surface area contributed by atoms with E-state index in [-0.39, 0.29) is 10.8 Å². The van der Waals surface area contributed by atoms with Gasteiger partial charge in [-0.15, -0.1) is 11.6 Å². The molecule has 102 valence electrons. The van der Waals surface area contributed by atoms with Crippen molar-refractivity contribution in [3.05, 3.63) is 11.9 Å². The third kappa shape index (κ3) is 5.54. The minimum absolute atomic E-state index is 0.0752. The molecule has 1 rings (SSSR count). The van der Waals surface area contributed by atoms with Gasteiger partial charge in [0.25, 0.3) is 0 Å². The first-order valence-corrected chi connectivity index (χ1v) is 6.51. The summed E-state index contributed by atoms with van der Waals surface area (Å²) >= 11 is 6.29. The molecule has 1 aromatic rings. The number of hydrogen-bond donors (Lipinski definition) is 1. The number of nitrogens with one attached hydrogen (secondary N) is 1. The topological polar surface area (TPSA) is 47.0 Å². The van der Waals surface area contributed by atoms with E-state index in [0.717, 1.165) is 12.2 Å². The number of halogens is 1. The molecule has 4 nitrogen and oxygen atoms in total. The van der Waals surface area contributed by atoms with Gasteiger partial charge in [-0.25, -0.2) is 4.98 Å². The molecule has 0 radical (unpaired) electrons. The van der Waals surface area contributed by atoms with Crippen LogP contribution in [-0.4, -0.2) is 29.0 Å². The largest absolute Gasteiger partial charge is 0.481 e. The van der Waals surface area contributed by atoms with Crippen LogP contribution >= 0.6 is 11.6 Å². The van der Waals surface area contributed by atoms with Crippen molar-refractivity contribution in [1.29, 1.82) is 0 Å². The highest BCUT2D eigenvalue weighted by Crippen LogP contribution is 2.24. The maximum Gasteiger partial charge on any atom is 0.218 e. The zero-order valence-corrected chi connectivity index (χ0v) is 12.5. The van der Waals surface area contributed by atoms with Crippen LogP contribution in [0.5, 0.6) is 5.88 Å². The number of aromatic nitrogens is 2. The summed E-state index contributed by atoms with van der Waals surface area (Å²) in [6.45, 7) is 9.06. The van der Waals surface area contributed by atoms with E-state index in [1.807, 2.05) is 6.92 Å². The maximum atomic E-state index is 6.29. The second-order valence-electron chi connectivity index (χ2n) is 5.59. The van der Waals surface area contributed by atoms with Crippen LogP contribution in [0.2, 0.25) is 0 Å². The zero-order valence-electron chi connectivity index (χ0n) is 11.7. The highest BCUT2D eigenvalue weighted by molar-refractivity contribution is 6.20. The Labute approximate surface area is 114 Å². The number of aryl methyl sites for hydroxylation is 1. The quantitative estimate of drug-likeness (QED) is 0.835. The molecular formula is C13H22ClN3O. The Hall–Kier alpha value is -1.03. The van der Waals surface area contributed by atoms with Crippen molar-refractivity contribution in [3.63, 3.8) is 0 Å². The first-order chi connectivity index (χ1) is 8.30. The van der Waals surface area contributed by atoms with Crippen LogP contribution in [-0.2, 0) is 0 Å². The monoisotopic (exact) mass is 271 g/mol. The van der Waals surface area contributed by atoms with Gasteiger partial charge < -0.3 is 10.1 Å². The number of rotatable bonds is 5. The van der Waals surface area contributed by atoms with Crippen molar-refractivity contribution in [2.75, 3.05) is 19.0 Å². The summed E-state index contributed by atoms with van der Waals surface area (Å²) in [6, 6.07) is 1.77. The molecule has 0 aliphatic heterocycles. The molecule has 1 aromatic heterocycles. The lowest BCUT2D eigenvalue weighted by molar-refractivity contribution is 0.373. The molecule has 0 aromatic carbocycles. The van der Waals surface area contributed by atoms with Crippen LogP contribution in [0.4, 0.5) is 5.82 Å². The lowest BCUT2D eigenvalue weighted by atomic mass is 9.90. The van der Waals surface area contributed by atoms with Gasteiger partial charge in [-0.05, 0) is 18.8 Å². The molecule has 0 fully saturated rings. The molecule has 1 N–H and O–H groups in total. The van der Waals surface area contributed by atoms with E-state index in [0.29, 0.717) is 18.2 Å². The highest BCUT2D eigenvalue weighted by Gasteiger charge is 2.16. The lowest BCUT2D eigenvalue weighted by Crippen LogP contribution is -2.21. The van der Waals surface area contributed by atoms with Crippen LogP contribution in [0.25, 0.3) is 0 Å². The number of alkyl halides is 1. The lowest BCUT2D eigenvalue weighted by Gasteiger charge is -2.22. The maximum absolute atomic E-state index is 6.29. The summed E-state index contributed by atoms with van der Waals surface area (Å²) in [5.74, 6) is 1.99. The van der Waals surface area contributed by atoms with Crippen LogP contribution in [0.1, 0.15) is 33.0 Å². The van der Waals surface area contributed by atoms with Gasteiger partial charge in [0.2, 0.25) is 5.88 Å². The Kier molecular flexibility index (Phi) is 5.20. The summed E-state index contributed by atoms with van der Waals surface area (Å²) in [5, 5.41) is 3.29. The summed E-state index contributed by atoms with van der Waals surface area (Å²) in [6.07, 6.45) is 0.947. The fraction of sp³-hybridized carbons (Fsp3) is 0.692. The van der Waals surface area contributed by atoms with Gasteiger partial charge in [-0.3, -0.25) is 0 Å². The Balaban J connectivity index is 2.55. The van der Waals surface area contributed by atoms with Crippen molar-refractivity contribution in [1.82, 2.24) is 9.97 Å². The molecule has 1 unspecified atom stereocenters. The fourth-order valence-electron chi connectivity index (χ4n) is 1.69. The van der Waals surface area contributed by atoms with Crippen molar-refractivity contribution >= 4 is 17.4 Å². The van der Waals surface area contributed by atoms with E-state index in [1.165, 1.54) is 0 Å². The fourth-order valence-corrected chi connectivity index (χ4v) is 2.23. The van der Waals surface area contributed by atoms with E-state index < -0.39 is 0 Å². The Morgan fingerprint density at radius 2 is 2.06 bits per heavy atom.